The number of hydrogen-bond acceptors (Lipinski definition) is 5. The lowest BCUT2D eigenvalue weighted by Crippen LogP contribution is -2.35. The Morgan fingerprint density at radius 1 is 0.962 bits per heavy atom. The zero-order valence-electron chi connectivity index (χ0n) is 14.4. The highest BCUT2D eigenvalue weighted by Gasteiger charge is 2.35. The fraction of sp³-hybridized carbons (Fsp3) is 0.250. The summed E-state index contributed by atoms with van der Waals surface area (Å²) in [4.78, 5) is 37.8. The average Bonchev–Trinajstić information content (AvgIpc) is 2.92. The second kappa shape index (κ2) is 7.82. The molecule has 6 nitrogen and oxygen atoms in total. The van der Waals surface area contributed by atoms with Crippen LogP contribution in [-0.4, -0.2) is 41.9 Å². The zero-order chi connectivity index (χ0) is 18.5. The van der Waals surface area contributed by atoms with Gasteiger partial charge in [0.2, 0.25) is 0 Å². The SMILES string of the molecule is CC[C@H](Oc1ccccc1)C(=O)OCCN1C(=O)c2ccccc2C1=O. The molecule has 3 rings (SSSR count). The molecule has 1 heterocycles. The van der Waals surface area contributed by atoms with E-state index in [0.29, 0.717) is 23.3 Å². The van der Waals surface area contributed by atoms with Gasteiger partial charge in [-0.15, -0.1) is 0 Å². The van der Waals surface area contributed by atoms with Crippen molar-refractivity contribution in [3.05, 3.63) is 65.7 Å². The minimum absolute atomic E-state index is 0.0137. The number of fused-ring (bicyclic) bond motifs is 1. The summed E-state index contributed by atoms with van der Waals surface area (Å²) >= 11 is 0. The van der Waals surface area contributed by atoms with Crippen LogP contribution in [0, 0.1) is 0 Å². The van der Waals surface area contributed by atoms with Gasteiger partial charge in [-0.05, 0) is 30.7 Å². The van der Waals surface area contributed by atoms with Gasteiger partial charge >= 0.3 is 5.97 Å². The normalized spacial score (nSPS) is 14.1. The van der Waals surface area contributed by atoms with Crippen LogP contribution in [0.15, 0.2) is 54.6 Å². The molecule has 2 aromatic carbocycles. The van der Waals surface area contributed by atoms with Gasteiger partial charge in [-0.25, -0.2) is 4.79 Å². The van der Waals surface area contributed by atoms with Crippen molar-refractivity contribution in [2.45, 2.75) is 19.4 Å². The number of esters is 1. The smallest absolute Gasteiger partial charge is 0.347 e. The molecule has 0 aliphatic carbocycles. The largest absolute Gasteiger partial charge is 0.479 e. The first-order valence-electron chi connectivity index (χ1n) is 8.45. The van der Waals surface area contributed by atoms with Gasteiger partial charge in [-0.1, -0.05) is 37.3 Å². The lowest BCUT2D eigenvalue weighted by Gasteiger charge is -2.18. The summed E-state index contributed by atoms with van der Waals surface area (Å²) in [5.74, 6) is -0.673. The van der Waals surface area contributed by atoms with Gasteiger partial charge in [0, 0.05) is 0 Å². The number of ether oxygens (including phenoxy) is 2. The Labute approximate surface area is 151 Å². The molecule has 0 radical (unpaired) electrons. The van der Waals surface area contributed by atoms with E-state index in [1.165, 1.54) is 0 Å². The van der Waals surface area contributed by atoms with E-state index in [2.05, 4.69) is 0 Å². The van der Waals surface area contributed by atoms with Crippen molar-refractivity contribution in [2.24, 2.45) is 0 Å². The Balaban J connectivity index is 1.54. The van der Waals surface area contributed by atoms with E-state index in [-0.39, 0.29) is 25.0 Å². The molecule has 0 spiro atoms. The van der Waals surface area contributed by atoms with Crippen LogP contribution in [-0.2, 0) is 9.53 Å². The van der Waals surface area contributed by atoms with Crippen LogP contribution in [0.2, 0.25) is 0 Å². The van der Waals surface area contributed by atoms with Crippen LogP contribution >= 0.6 is 0 Å². The molecule has 0 saturated heterocycles. The fourth-order valence-corrected chi connectivity index (χ4v) is 2.73. The lowest BCUT2D eigenvalue weighted by atomic mass is 10.1. The number of rotatable bonds is 7. The first kappa shape index (κ1) is 17.7. The van der Waals surface area contributed by atoms with E-state index in [1.807, 2.05) is 25.1 Å². The maximum absolute atomic E-state index is 12.3. The number of para-hydroxylation sites is 1. The van der Waals surface area contributed by atoms with Gasteiger partial charge in [0.05, 0.1) is 17.7 Å². The van der Waals surface area contributed by atoms with E-state index < -0.39 is 12.1 Å². The molecule has 134 valence electrons. The van der Waals surface area contributed by atoms with E-state index in [1.54, 1.807) is 36.4 Å². The van der Waals surface area contributed by atoms with Gasteiger partial charge in [0.25, 0.3) is 11.8 Å². The van der Waals surface area contributed by atoms with E-state index in [4.69, 9.17) is 9.47 Å². The number of amides is 2. The summed E-state index contributed by atoms with van der Waals surface area (Å²) in [6, 6.07) is 15.6. The number of hydrogen-bond donors (Lipinski definition) is 0. The Morgan fingerprint density at radius 2 is 1.54 bits per heavy atom. The third-order valence-electron chi connectivity index (χ3n) is 4.09. The van der Waals surface area contributed by atoms with Crippen LogP contribution in [0.5, 0.6) is 5.75 Å². The quantitative estimate of drug-likeness (QED) is 0.565. The number of benzene rings is 2. The van der Waals surface area contributed by atoms with E-state index in [0.717, 1.165) is 4.90 Å². The van der Waals surface area contributed by atoms with Crippen LogP contribution in [0.4, 0.5) is 0 Å². The highest BCUT2D eigenvalue weighted by Crippen LogP contribution is 2.22. The molecule has 2 amide bonds. The molecule has 2 aromatic rings. The molecule has 0 aromatic heterocycles. The molecule has 0 unspecified atom stereocenters. The third kappa shape index (κ3) is 3.59. The maximum Gasteiger partial charge on any atom is 0.347 e. The van der Waals surface area contributed by atoms with Crippen molar-refractivity contribution in [1.82, 2.24) is 4.90 Å². The molecule has 26 heavy (non-hydrogen) atoms. The number of nitrogens with zero attached hydrogens (tertiary/aromatic N) is 1. The molecule has 0 bridgehead atoms. The Morgan fingerprint density at radius 3 is 2.12 bits per heavy atom. The summed E-state index contributed by atoms with van der Waals surface area (Å²) in [7, 11) is 0. The predicted octanol–water partition coefficient (Wildman–Crippen LogP) is 2.68. The van der Waals surface area contributed by atoms with E-state index in [9.17, 15) is 14.4 Å². The Hall–Kier alpha value is -3.15. The number of carbonyl (C=O) groups excluding carboxylic acids is 3. The first-order valence-corrected chi connectivity index (χ1v) is 8.45. The highest BCUT2D eigenvalue weighted by molar-refractivity contribution is 6.21. The van der Waals surface area contributed by atoms with Crippen LogP contribution in [0.25, 0.3) is 0 Å². The molecule has 6 heteroatoms. The maximum atomic E-state index is 12.3. The molecule has 0 N–H and O–H groups in total. The molecular weight excluding hydrogens is 334 g/mol. The fourth-order valence-electron chi connectivity index (χ4n) is 2.73. The Bertz CT molecular complexity index is 783. The monoisotopic (exact) mass is 353 g/mol. The summed E-state index contributed by atoms with van der Waals surface area (Å²) < 4.78 is 10.8. The second-order valence-corrected chi connectivity index (χ2v) is 5.80. The van der Waals surface area contributed by atoms with Crippen LogP contribution in [0.3, 0.4) is 0 Å². The predicted molar refractivity (Wildman–Crippen MR) is 93.9 cm³/mol. The molecule has 0 fully saturated rings. The van der Waals surface area contributed by atoms with Crippen molar-refractivity contribution in [1.29, 1.82) is 0 Å². The number of imide groups is 1. The van der Waals surface area contributed by atoms with Gasteiger partial charge < -0.3 is 9.47 Å². The number of carbonyl (C=O) groups is 3. The summed E-state index contributed by atoms with van der Waals surface area (Å²) in [6.07, 6.45) is -0.291. The average molecular weight is 353 g/mol. The first-order chi connectivity index (χ1) is 12.6. The van der Waals surface area contributed by atoms with Crippen molar-refractivity contribution in [3.63, 3.8) is 0 Å². The van der Waals surface area contributed by atoms with E-state index >= 15 is 0 Å². The van der Waals surface area contributed by atoms with Crippen LogP contribution < -0.4 is 4.74 Å². The summed E-state index contributed by atoms with van der Waals surface area (Å²) in [5.41, 5.74) is 0.755. The molecule has 1 aliphatic heterocycles. The third-order valence-corrected chi connectivity index (χ3v) is 4.09. The minimum Gasteiger partial charge on any atom is -0.479 e. The summed E-state index contributed by atoms with van der Waals surface area (Å²) in [6.45, 7) is 1.76. The van der Waals surface area contributed by atoms with Gasteiger partial charge in [0.15, 0.2) is 6.10 Å². The molecule has 1 aliphatic rings. The van der Waals surface area contributed by atoms with Gasteiger partial charge in [-0.3, -0.25) is 14.5 Å². The summed E-state index contributed by atoms with van der Waals surface area (Å²) in [5, 5.41) is 0. The molecular formula is C20H19NO5. The van der Waals surface area contributed by atoms with Crippen molar-refractivity contribution < 1.29 is 23.9 Å². The molecule has 1 atom stereocenters. The van der Waals surface area contributed by atoms with Crippen molar-refractivity contribution >= 4 is 17.8 Å². The standard InChI is InChI=1S/C20H19NO5/c1-2-17(26-14-8-4-3-5-9-14)20(24)25-13-12-21-18(22)15-10-6-7-11-16(15)19(21)23/h3-11,17H,2,12-13H2,1H3/t17-/m0/s1. The Kier molecular flexibility index (Phi) is 5.31. The van der Waals surface area contributed by atoms with Crippen LogP contribution in [0.1, 0.15) is 34.1 Å². The topological polar surface area (TPSA) is 72.9 Å². The van der Waals surface area contributed by atoms with Crippen molar-refractivity contribution in [2.75, 3.05) is 13.2 Å². The van der Waals surface area contributed by atoms with Gasteiger partial charge in [0.1, 0.15) is 12.4 Å². The lowest BCUT2D eigenvalue weighted by molar-refractivity contribution is -0.152. The van der Waals surface area contributed by atoms with Gasteiger partial charge in [-0.2, -0.15) is 0 Å². The van der Waals surface area contributed by atoms with Crippen molar-refractivity contribution in [3.8, 4) is 5.75 Å². The molecule has 0 saturated carbocycles. The minimum atomic E-state index is -0.737. The highest BCUT2D eigenvalue weighted by atomic mass is 16.6. The second-order valence-electron chi connectivity index (χ2n) is 5.80. The zero-order valence-corrected chi connectivity index (χ0v) is 14.4.